The molecule has 0 aromatic heterocycles. The second kappa shape index (κ2) is 9.43. The number of alkyl halides is 2. The van der Waals surface area contributed by atoms with Gasteiger partial charge in [0.05, 0.1) is 16.5 Å². The molecule has 4 rings (SSSR count). The van der Waals surface area contributed by atoms with Crippen molar-refractivity contribution in [2.45, 2.75) is 9.70 Å². The number of hydrogen-bond donors (Lipinski definition) is 2. The maximum Gasteiger partial charge on any atom is 0.257 e. The lowest BCUT2D eigenvalue weighted by molar-refractivity contribution is -0.117. The van der Waals surface area contributed by atoms with Gasteiger partial charge in [-0.2, -0.15) is 0 Å². The van der Waals surface area contributed by atoms with Crippen LogP contribution in [-0.4, -0.2) is 15.6 Å². The molecule has 170 valence electrons. The minimum atomic E-state index is -1.000. The highest BCUT2D eigenvalue weighted by Gasteiger charge is 2.67. The van der Waals surface area contributed by atoms with E-state index in [0.717, 1.165) is 5.56 Å². The van der Waals surface area contributed by atoms with Gasteiger partial charge in [-0.05, 0) is 66.2 Å². The van der Waals surface area contributed by atoms with Gasteiger partial charge in [0.1, 0.15) is 9.60 Å². The molecule has 0 saturated heterocycles. The van der Waals surface area contributed by atoms with Crippen molar-refractivity contribution in [2.24, 2.45) is 5.92 Å². The molecule has 4 nitrogen and oxygen atoms in total. The Labute approximate surface area is 217 Å². The molecule has 10 heteroatoms. The van der Waals surface area contributed by atoms with E-state index in [1.165, 1.54) is 36.4 Å². The number of amides is 2. The molecule has 1 aliphatic carbocycles. The van der Waals surface area contributed by atoms with Gasteiger partial charge in [0, 0.05) is 27.3 Å². The molecule has 0 heterocycles. The summed E-state index contributed by atoms with van der Waals surface area (Å²) in [5, 5.41) is 6.49. The van der Waals surface area contributed by atoms with Gasteiger partial charge in [-0.15, -0.1) is 11.6 Å². The fourth-order valence-electron chi connectivity index (χ4n) is 3.55. The predicted molar refractivity (Wildman–Crippen MR) is 135 cm³/mol. The smallest absolute Gasteiger partial charge is 0.257 e. The Hall–Kier alpha value is -1.83. The number of carbonyl (C=O) groups is 2. The lowest BCUT2D eigenvalue weighted by atomic mass is 10.1. The molecule has 33 heavy (non-hydrogen) atoms. The third-order valence-electron chi connectivity index (χ3n) is 5.16. The van der Waals surface area contributed by atoms with Crippen molar-refractivity contribution in [3.05, 3.63) is 92.7 Å². The van der Waals surface area contributed by atoms with Crippen molar-refractivity contribution in [2.75, 3.05) is 10.6 Å². The Morgan fingerprint density at radius 2 is 1.48 bits per heavy atom. The van der Waals surface area contributed by atoms with Crippen LogP contribution in [0.25, 0.3) is 0 Å². The van der Waals surface area contributed by atoms with Crippen LogP contribution in [0.15, 0.2) is 60.7 Å². The van der Waals surface area contributed by atoms with Crippen molar-refractivity contribution >= 4 is 85.5 Å². The van der Waals surface area contributed by atoms with Crippen LogP contribution in [0.2, 0.25) is 15.1 Å². The number of hydrogen-bond acceptors (Lipinski definition) is 2. The van der Waals surface area contributed by atoms with Crippen molar-refractivity contribution in [1.29, 1.82) is 0 Å². The molecule has 1 unspecified atom stereocenters. The van der Waals surface area contributed by atoms with E-state index in [0.29, 0.717) is 21.4 Å². The lowest BCUT2D eigenvalue weighted by Gasteiger charge is -2.10. The standard InChI is InChI=1S/C23H14BrCl4FN2O2/c24-23(28)19(11-7-12(25)9-13(26)8-11)20(23)22(33)31-16-5-6-18(27)17(10-16)21(32)30-15-3-1-14(29)2-4-15/h1-10,19-20H,(H,30,32)(H,31,33)/t19?,20-,23+/m0/s1. The lowest BCUT2D eigenvalue weighted by Crippen LogP contribution is -2.18. The molecule has 2 N–H and O–H groups in total. The van der Waals surface area contributed by atoms with Crippen LogP contribution in [0.1, 0.15) is 21.8 Å². The fourth-order valence-corrected chi connectivity index (χ4v) is 5.58. The normalized spacial score (nSPS) is 21.4. The van der Waals surface area contributed by atoms with Crippen LogP contribution < -0.4 is 10.6 Å². The average Bonchev–Trinajstić information content (AvgIpc) is 3.32. The summed E-state index contributed by atoms with van der Waals surface area (Å²) in [5.41, 5.74) is 1.64. The molecule has 1 saturated carbocycles. The van der Waals surface area contributed by atoms with E-state index in [4.69, 9.17) is 46.4 Å². The van der Waals surface area contributed by atoms with E-state index >= 15 is 0 Å². The largest absolute Gasteiger partial charge is 0.326 e. The van der Waals surface area contributed by atoms with Gasteiger partial charge in [0.15, 0.2) is 0 Å². The summed E-state index contributed by atoms with van der Waals surface area (Å²) in [6.45, 7) is 0. The molecule has 1 fully saturated rings. The summed E-state index contributed by atoms with van der Waals surface area (Å²) in [7, 11) is 0. The van der Waals surface area contributed by atoms with Crippen molar-refractivity contribution in [3.63, 3.8) is 0 Å². The van der Waals surface area contributed by atoms with Crippen LogP contribution in [0.4, 0.5) is 15.8 Å². The van der Waals surface area contributed by atoms with Gasteiger partial charge in [-0.3, -0.25) is 9.59 Å². The van der Waals surface area contributed by atoms with Crippen LogP contribution in [0.5, 0.6) is 0 Å². The first-order valence-corrected chi connectivity index (χ1v) is 11.9. The summed E-state index contributed by atoms with van der Waals surface area (Å²) in [6, 6.07) is 14.9. The molecule has 3 aromatic rings. The molecule has 0 aliphatic heterocycles. The van der Waals surface area contributed by atoms with E-state index in [1.807, 2.05) is 0 Å². The third kappa shape index (κ3) is 5.31. The van der Waals surface area contributed by atoms with E-state index < -0.39 is 21.4 Å². The summed E-state index contributed by atoms with van der Waals surface area (Å²) in [6.07, 6.45) is 0. The Balaban J connectivity index is 1.50. The number of rotatable bonds is 5. The Morgan fingerprint density at radius 1 is 0.879 bits per heavy atom. The van der Waals surface area contributed by atoms with E-state index in [1.54, 1.807) is 24.3 Å². The highest BCUT2D eigenvalue weighted by Crippen LogP contribution is 2.66. The zero-order chi connectivity index (χ0) is 23.9. The van der Waals surface area contributed by atoms with Gasteiger partial charge in [0.2, 0.25) is 5.91 Å². The molecule has 0 bridgehead atoms. The summed E-state index contributed by atoms with van der Waals surface area (Å²) in [4.78, 5) is 25.6. The number of carbonyl (C=O) groups excluding carboxylic acids is 2. The van der Waals surface area contributed by atoms with Crippen molar-refractivity contribution < 1.29 is 14.0 Å². The molecule has 3 aromatic carbocycles. The first-order valence-electron chi connectivity index (χ1n) is 9.57. The summed E-state index contributed by atoms with van der Waals surface area (Å²) in [5.74, 6) is -2.25. The zero-order valence-corrected chi connectivity index (χ0v) is 21.1. The van der Waals surface area contributed by atoms with Gasteiger partial charge in [-0.1, -0.05) is 50.7 Å². The maximum absolute atomic E-state index is 13.1. The molecule has 3 atom stereocenters. The monoisotopic (exact) mass is 588 g/mol. The molecular formula is C23H14BrCl4FN2O2. The van der Waals surface area contributed by atoms with Crippen molar-refractivity contribution in [1.82, 2.24) is 0 Å². The van der Waals surface area contributed by atoms with Gasteiger partial charge in [0.25, 0.3) is 5.91 Å². The summed E-state index contributed by atoms with van der Waals surface area (Å²) >= 11 is 28.3. The molecule has 2 amide bonds. The second-order valence-electron chi connectivity index (χ2n) is 7.48. The number of halogens is 6. The van der Waals surface area contributed by atoms with Gasteiger partial charge >= 0.3 is 0 Å². The highest BCUT2D eigenvalue weighted by atomic mass is 79.9. The van der Waals surface area contributed by atoms with Crippen LogP contribution in [0.3, 0.4) is 0 Å². The van der Waals surface area contributed by atoms with E-state index in [-0.39, 0.29) is 22.4 Å². The Morgan fingerprint density at radius 3 is 2.12 bits per heavy atom. The highest BCUT2D eigenvalue weighted by molar-refractivity contribution is 9.10. The van der Waals surface area contributed by atoms with Crippen LogP contribution in [0, 0.1) is 11.7 Å². The minimum absolute atomic E-state index is 0.142. The SMILES string of the molecule is O=C(Nc1ccc(F)cc1)c1cc(NC(=O)[C@@H]2C(c3cc(Cl)cc(Cl)c3)[C@]2(Cl)Br)ccc1Cl. The fraction of sp³-hybridized carbons (Fsp3) is 0.130. The number of anilines is 2. The third-order valence-corrected chi connectivity index (χ3v) is 7.38. The van der Waals surface area contributed by atoms with Crippen LogP contribution >= 0.6 is 62.3 Å². The molecule has 0 radical (unpaired) electrons. The zero-order valence-electron chi connectivity index (χ0n) is 16.5. The minimum Gasteiger partial charge on any atom is -0.326 e. The summed E-state index contributed by atoms with van der Waals surface area (Å²) < 4.78 is 12.1. The quantitative estimate of drug-likeness (QED) is 0.299. The molecule has 1 aliphatic rings. The Bertz CT molecular complexity index is 1230. The first kappa shape index (κ1) is 24.3. The van der Waals surface area contributed by atoms with Gasteiger partial charge < -0.3 is 10.6 Å². The van der Waals surface area contributed by atoms with Gasteiger partial charge in [-0.25, -0.2) is 4.39 Å². The van der Waals surface area contributed by atoms with E-state index in [9.17, 15) is 14.0 Å². The average molecular weight is 591 g/mol. The first-order chi connectivity index (χ1) is 15.6. The number of benzene rings is 3. The number of nitrogens with one attached hydrogen (secondary N) is 2. The van der Waals surface area contributed by atoms with E-state index in [2.05, 4.69) is 26.6 Å². The van der Waals surface area contributed by atoms with Crippen molar-refractivity contribution in [3.8, 4) is 0 Å². The molecule has 0 spiro atoms. The topological polar surface area (TPSA) is 58.2 Å². The molecular weight excluding hydrogens is 577 g/mol. The van der Waals surface area contributed by atoms with Crippen LogP contribution in [-0.2, 0) is 4.79 Å². The predicted octanol–water partition coefficient (Wildman–Crippen LogP) is 7.72. The maximum atomic E-state index is 13.1. The Kier molecular flexibility index (Phi) is 6.95. The second-order valence-corrected chi connectivity index (χ2v) is 11.2.